The molecule has 8 heteroatoms. The number of thioether (sulfide) groups is 1. The van der Waals surface area contributed by atoms with Crippen LogP contribution in [0.2, 0.25) is 0 Å². The average Bonchev–Trinajstić information content (AvgIpc) is 3.28. The van der Waals surface area contributed by atoms with E-state index in [1.54, 1.807) is 32.2 Å². The monoisotopic (exact) mass is 477 g/mol. The normalized spacial score (nSPS) is 11.1. The van der Waals surface area contributed by atoms with Gasteiger partial charge >= 0.3 is 0 Å². The molecule has 6 nitrogen and oxygen atoms in total. The third-order valence-corrected chi connectivity index (χ3v) is 6.78. The van der Waals surface area contributed by atoms with Crippen molar-refractivity contribution in [2.45, 2.75) is 11.3 Å². The van der Waals surface area contributed by atoms with Gasteiger partial charge in [-0.15, -0.1) is 11.8 Å². The lowest BCUT2D eigenvalue weighted by atomic mass is 10.2. The molecule has 4 rings (SSSR count). The Labute approximate surface area is 200 Å². The lowest BCUT2D eigenvalue weighted by Gasteiger charge is -2.13. The number of amides is 1. The minimum absolute atomic E-state index is 0.116. The summed E-state index contributed by atoms with van der Waals surface area (Å²) in [5, 5.41) is 6.43. The van der Waals surface area contributed by atoms with Crippen molar-refractivity contribution in [3.05, 3.63) is 78.4 Å². The maximum absolute atomic E-state index is 13.2. The van der Waals surface area contributed by atoms with E-state index in [-0.39, 0.29) is 5.91 Å². The van der Waals surface area contributed by atoms with Gasteiger partial charge in [0.15, 0.2) is 0 Å². The van der Waals surface area contributed by atoms with E-state index >= 15 is 0 Å². The molecule has 0 saturated heterocycles. The maximum Gasteiger partial charge on any atom is 0.250 e. The van der Waals surface area contributed by atoms with Crippen LogP contribution in [0.15, 0.2) is 82.8 Å². The predicted octanol–water partition coefficient (Wildman–Crippen LogP) is 5.86. The minimum atomic E-state index is -0.116. The van der Waals surface area contributed by atoms with E-state index in [1.807, 2.05) is 72.8 Å². The Hall–Kier alpha value is -3.36. The lowest BCUT2D eigenvalue weighted by molar-refractivity contribution is -0.118. The van der Waals surface area contributed by atoms with Crippen molar-refractivity contribution >= 4 is 50.6 Å². The zero-order valence-electron chi connectivity index (χ0n) is 18.3. The van der Waals surface area contributed by atoms with Crippen molar-refractivity contribution in [1.82, 2.24) is 4.98 Å². The Morgan fingerprint density at radius 2 is 1.76 bits per heavy atom. The number of carbonyl (C=O) groups is 1. The molecule has 0 bridgehead atoms. The molecule has 1 amide bonds. The molecule has 4 aromatic rings. The van der Waals surface area contributed by atoms with Crippen molar-refractivity contribution in [3.8, 4) is 11.5 Å². The highest BCUT2D eigenvalue weighted by Gasteiger charge is 2.19. The number of benzene rings is 3. The molecular formula is C25H23N3O3S2. The smallest absolute Gasteiger partial charge is 0.250 e. The van der Waals surface area contributed by atoms with Crippen LogP contribution in [0, 0.1) is 0 Å². The summed E-state index contributed by atoms with van der Waals surface area (Å²) in [4.78, 5) is 18.9. The van der Waals surface area contributed by atoms with Gasteiger partial charge in [0, 0.05) is 17.1 Å². The molecule has 0 spiro atoms. The summed E-state index contributed by atoms with van der Waals surface area (Å²) in [5.41, 5.74) is 1.65. The van der Waals surface area contributed by atoms with Crippen LogP contribution in [-0.2, 0) is 4.79 Å². The fourth-order valence-corrected chi connectivity index (χ4v) is 4.86. The van der Waals surface area contributed by atoms with Gasteiger partial charge in [-0.25, -0.2) is 4.98 Å². The van der Waals surface area contributed by atoms with Crippen LogP contribution in [-0.4, -0.2) is 37.1 Å². The predicted molar refractivity (Wildman–Crippen MR) is 136 cm³/mol. The van der Waals surface area contributed by atoms with E-state index in [4.69, 9.17) is 9.47 Å². The number of anilines is 1. The zero-order chi connectivity index (χ0) is 23.0. The van der Waals surface area contributed by atoms with E-state index < -0.39 is 0 Å². The van der Waals surface area contributed by atoms with E-state index in [0.29, 0.717) is 17.3 Å². The van der Waals surface area contributed by atoms with Gasteiger partial charge in [0.2, 0.25) is 11.0 Å². The van der Waals surface area contributed by atoms with Gasteiger partial charge in [-0.05, 0) is 60.2 Å². The summed E-state index contributed by atoms with van der Waals surface area (Å²) >= 11 is 3.05. The number of ether oxygens (including phenoxy) is 2. The van der Waals surface area contributed by atoms with E-state index in [1.165, 1.54) is 16.3 Å². The van der Waals surface area contributed by atoms with Crippen LogP contribution in [0.4, 0.5) is 5.13 Å². The number of hydrazone groups is 1. The van der Waals surface area contributed by atoms with Gasteiger partial charge in [0.05, 0.1) is 30.7 Å². The molecule has 1 aromatic heterocycles. The first-order valence-electron chi connectivity index (χ1n) is 10.3. The molecule has 33 heavy (non-hydrogen) atoms. The summed E-state index contributed by atoms with van der Waals surface area (Å²) in [6.07, 6.45) is 1.99. The Balaban J connectivity index is 1.56. The topological polar surface area (TPSA) is 64.0 Å². The lowest BCUT2D eigenvalue weighted by Crippen LogP contribution is -2.25. The number of aromatic nitrogens is 1. The number of hydrogen-bond donors (Lipinski definition) is 0. The third kappa shape index (κ3) is 5.91. The molecule has 0 fully saturated rings. The number of rotatable bonds is 9. The Morgan fingerprint density at radius 1 is 1.03 bits per heavy atom. The highest BCUT2D eigenvalue weighted by atomic mass is 32.2. The Morgan fingerprint density at radius 3 is 2.48 bits per heavy atom. The van der Waals surface area contributed by atoms with E-state index in [0.717, 1.165) is 32.2 Å². The number of hydrogen-bond acceptors (Lipinski definition) is 7. The summed E-state index contributed by atoms with van der Waals surface area (Å²) in [6, 6.07) is 23.2. The zero-order valence-corrected chi connectivity index (χ0v) is 19.9. The Kier molecular flexibility index (Phi) is 7.59. The summed E-state index contributed by atoms with van der Waals surface area (Å²) in [7, 11) is 3.25. The van der Waals surface area contributed by atoms with Gasteiger partial charge in [-0.2, -0.15) is 10.1 Å². The molecule has 0 saturated carbocycles. The molecule has 0 atom stereocenters. The fourth-order valence-electron chi connectivity index (χ4n) is 3.02. The van der Waals surface area contributed by atoms with Crippen molar-refractivity contribution in [2.24, 2.45) is 5.10 Å². The minimum Gasteiger partial charge on any atom is -0.497 e. The quantitative estimate of drug-likeness (QED) is 0.172. The number of methoxy groups -OCH3 is 2. The molecular weight excluding hydrogens is 454 g/mol. The largest absolute Gasteiger partial charge is 0.497 e. The van der Waals surface area contributed by atoms with Gasteiger partial charge in [-0.3, -0.25) is 4.79 Å². The second-order valence-corrected chi connectivity index (χ2v) is 9.14. The summed E-state index contributed by atoms with van der Waals surface area (Å²) in [6.45, 7) is 0. The van der Waals surface area contributed by atoms with Crippen molar-refractivity contribution < 1.29 is 14.3 Å². The first-order valence-corrected chi connectivity index (χ1v) is 12.1. The van der Waals surface area contributed by atoms with Crippen LogP contribution in [0.5, 0.6) is 11.5 Å². The highest BCUT2D eigenvalue weighted by molar-refractivity contribution is 7.99. The van der Waals surface area contributed by atoms with Crippen LogP contribution in [0.3, 0.4) is 0 Å². The molecule has 0 radical (unpaired) electrons. The van der Waals surface area contributed by atoms with Crippen molar-refractivity contribution in [1.29, 1.82) is 0 Å². The molecule has 168 valence electrons. The highest BCUT2D eigenvalue weighted by Crippen LogP contribution is 2.32. The van der Waals surface area contributed by atoms with Gasteiger partial charge in [0.1, 0.15) is 11.5 Å². The van der Waals surface area contributed by atoms with Gasteiger partial charge in [0.25, 0.3) is 0 Å². The summed E-state index contributed by atoms with van der Waals surface area (Å²) in [5.74, 6) is 2.04. The average molecular weight is 478 g/mol. The number of carbonyl (C=O) groups excluding carboxylic acids is 1. The molecule has 0 N–H and O–H groups in total. The molecule has 0 aliphatic carbocycles. The van der Waals surface area contributed by atoms with Crippen LogP contribution >= 0.6 is 23.1 Å². The first kappa shape index (κ1) is 22.8. The molecule has 0 aliphatic rings. The van der Waals surface area contributed by atoms with E-state index in [9.17, 15) is 4.79 Å². The van der Waals surface area contributed by atoms with Crippen LogP contribution in [0.25, 0.3) is 10.2 Å². The molecule has 3 aromatic carbocycles. The van der Waals surface area contributed by atoms with Crippen LogP contribution < -0.4 is 14.5 Å². The molecule has 0 aliphatic heterocycles. The van der Waals surface area contributed by atoms with Gasteiger partial charge in [-0.1, -0.05) is 29.5 Å². The van der Waals surface area contributed by atoms with Crippen molar-refractivity contribution in [2.75, 3.05) is 25.0 Å². The summed E-state index contributed by atoms with van der Waals surface area (Å²) < 4.78 is 11.5. The van der Waals surface area contributed by atoms with E-state index in [2.05, 4.69) is 10.1 Å². The second kappa shape index (κ2) is 11.0. The number of fused-ring (bicyclic) bond motifs is 1. The maximum atomic E-state index is 13.2. The van der Waals surface area contributed by atoms with Crippen LogP contribution in [0.1, 0.15) is 12.0 Å². The van der Waals surface area contributed by atoms with Gasteiger partial charge < -0.3 is 9.47 Å². The Bertz CT molecular complexity index is 1240. The molecule has 1 heterocycles. The first-order chi connectivity index (χ1) is 16.2. The second-order valence-electron chi connectivity index (χ2n) is 6.96. The number of nitrogens with zero attached hydrogens (tertiary/aromatic N) is 3. The number of thiazole rings is 1. The molecule has 0 unspecified atom stereocenters. The standard InChI is InChI=1S/C25H23N3O3S2/c1-30-19-10-8-18(9-11-19)17-26-28(24(29)14-15-32-21-6-4-3-5-7-21)25-27-22-13-12-20(31-2)16-23(22)33-25/h3-13,16-17H,14-15H2,1-2H3/b26-17+. The fraction of sp³-hybridized carbons (Fsp3) is 0.160. The third-order valence-electron chi connectivity index (χ3n) is 4.77. The SMILES string of the molecule is COc1ccc(/C=N/N(C(=O)CCSc2ccccc2)c2nc3ccc(OC)cc3s2)cc1. The van der Waals surface area contributed by atoms with Crippen molar-refractivity contribution in [3.63, 3.8) is 0 Å².